The Morgan fingerprint density at radius 2 is 2.00 bits per heavy atom. The SMILES string of the molecule is O=C(O)C(CCN1CCCC1)c1ccccc1F. The predicted molar refractivity (Wildman–Crippen MR) is 67.1 cm³/mol. The fourth-order valence-corrected chi connectivity index (χ4v) is 2.49. The number of hydrogen-bond donors (Lipinski definition) is 1. The maximum atomic E-state index is 13.6. The van der Waals surface area contributed by atoms with Crippen molar-refractivity contribution in [2.45, 2.75) is 25.2 Å². The Hall–Kier alpha value is -1.42. The van der Waals surface area contributed by atoms with Crippen LogP contribution in [0.2, 0.25) is 0 Å². The van der Waals surface area contributed by atoms with Gasteiger partial charge in [0.2, 0.25) is 0 Å². The highest BCUT2D eigenvalue weighted by Gasteiger charge is 2.24. The zero-order valence-corrected chi connectivity index (χ0v) is 10.3. The fraction of sp³-hybridized carbons (Fsp3) is 0.500. The third-order valence-corrected chi connectivity index (χ3v) is 3.51. The van der Waals surface area contributed by atoms with Crippen molar-refractivity contribution in [1.29, 1.82) is 0 Å². The van der Waals surface area contributed by atoms with Gasteiger partial charge in [0, 0.05) is 5.56 Å². The highest BCUT2D eigenvalue weighted by molar-refractivity contribution is 5.76. The summed E-state index contributed by atoms with van der Waals surface area (Å²) in [4.78, 5) is 13.5. The number of benzene rings is 1. The number of nitrogens with zero attached hydrogens (tertiary/aromatic N) is 1. The molecule has 4 heteroatoms. The fourth-order valence-electron chi connectivity index (χ4n) is 2.49. The molecule has 0 aliphatic carbocycles. The van der Waals surface area contributed by atoms with Gasteiger partial charge in [0.15, 0.2) is 0 Å². The van der Waals surface area contributed by atoms with E-state index in [-0.39, 0.29) is 0 Å². The maximum Gasteiger partial charge on any atom is 0.311 e. The first-order chi connectivity index (χ1) is 8.68. The monoisotopic (exact) mass is 251 g/mol. The quantitative estimate of drug-likeness (QED) is 0.874. The largest absolute Gasteiger partial charge is 0.481 e. The molecule has 0 radical (unpaired) electrons. The molecule has 1 aliphatic heterocycles. The van der Waals surface area contributed by atoms with Crippen LogP contribution in [0.5, 0.6) is 0 Å². The minimum atomic E-state index is -0.945. The first-order valence-electron chi connectivity index (χ1n) is 6.38. The molecule has 1 aliphatic rings. The van der Waals surface area contributed by atoms with Gasteiger partial charge in [-0.15, -0.1) is 0 Å². The minimum absolute atomic E-state index is 0.296. The van der Waals surface area contributed by atoms with Gasteiger partial charge in [-0.25, -0.2) is 4.39 Å². The molecule has 0 saturated carbocycles. The zero-order chi connectivity index (χ0) is 13.0. The molecule has 1 atom stereocenters. The van der Waals surface area contributed by atoms with Crippen molar-refractivity contribution in [2.24, 2.45) is 0 Å². The number of carbonyl (C=O) groups is 1. The maximum absolute atomic E-state index is 13.6. The van der Waals surface area contributed by atoms with Crippen LogP contribution in [0.1, 0.15) is 30.7 Å². The summed E-state index contributed by atoms with van der Waals surface area (Å²) in [5.74, 6) is -2.11. The summed E-state index contributed by atoms with van der Waals surface area (Å²) in [5, 5.41) is 9.24. The van der Waals surface area contributed by atoms with E-state index in [9.17, 15) is 14.3 Å². The first kappa shape index (κ1) is 13.0. The van der Waals surface area contributed by atoms with Crippen LogP contribution in [-0.4, -0.2) is 35.6 Å². The van der Waals surface area contributed by atoms with Crippen LogP contribution < -0.4 is 0 Å². The van der Waals surface area contributed by atoms with Gasteiger partial charge in [-0.1, -0.05) is 18.2 Å². The van der Waals surface area contributed by atoms with Crippen molar-refractivity contribution < 1.29 is 14.3 Å². The van der Waals surface area contributed by atoms with Gasteiger partial charge in [0.25, 0.3) is 0 Å². The number of aliphatic carboxylic acids is 1. The van der Waals surface area contributed by atoms with E-state index in [1.165, 1.54) is 18.9 Å². The molecule has 0 amide bonds. The van der Waals surface area contributed by atoms with Crippen LogP contribution in [0, 0.1) is 5.82 Å². The van der Waals surface area contributed by atoms with Crippen molar-refractivity contribution in [3.8, 4) is 0 Å². The van der Waals surface area contributed by atoms with E-state index in [4.69, 9.17) is 0 Å². The molecule has 1 aromatic carbocycles. The standard InChI is InChI=1S/C14H18FNO2/c15-13-6-2-1-5-11(13)12(14(17)18)7-10-16-8-3-4-9-16/h1-2,5-6,12H,3-4,7-10H2,(H,17,18). The lowest BCUT2D eigenvalue weighted by atomic mass is 9.95. The summed E-state index contributed by atoms with van der Waals surface area (Å²) >= 11 is 0. The summed E-state index contributed by atoms with van der Waals surface area (Å²) in [6.45, 7) is 2.79. The number of carboxylic acids is 1. The molecule has 0 bridgehead atoms. The third-order valence-electron chi connectivity index (χ3n) is 3.51. The van der Waals surface area contributed by atoms with Crippen LogP contribution in [0.4, 0.5) is 4.39 Å². The van der Waals surface area contributed by atoms with Crippen molar-refractivity contribution in [2.75, 3.05) is 19.6 Å². The van der Waals surface area contributed by atoms with E-state index >= 15 is 0 Å². The molecule has 3 nitrogen and oxygen atoms in total. The summed E-state index contributed by atoms with van der Waals surface area (Å²) in [5.41, 5.74) is 0.296. The molecule has 98 valence electrons. The topological polar surface area (TPSA) is 40.5 Å². The smallest absolute Gasteiger partial charge is 0.311 e. The average molecular weight is 251 g/mol. The van der Waals surface area contributed by atoms with Crippen molar-refractivity contribution in [3.63, 3.8) is 0 Å². The highest BCUT2D eigenvalue weighted by atomic mass is 19.1. The van der Waals surface area contributed by atoms with Crippen molar-refractivity contribution in [3.05, 3.63) is 35.6 Å². The number of likely N-dealkylation sites (tertiary alicyclic amines) is 1. The summed E-state index contributed by atoms with van der Waals surface area (Å²) < 4.78 is 13.6. The second-order valence-electron chi connectivity index (χ2n) is 4.75. The van der Waals surface area contributed by atoms with E-state index < -0.39 is 17.7 Å². The molecule has 0 spiro atoms. The lowest BCUT2D eigenvalue weighted by Gasteiger charge is -2.18. The number of rotatable bonds is 5. The predicted octanol–water partition coefficient (Wildman–Crippen LogP) is 2.48. The van der Waals surface area contributed by atoms with Gasteiger partial charge in [0.05, 0.1) is 5.92 Å². The Kier molecular flexibility index (Phi) is 4.31. The molecule has 2 rings (SSSR count). The number of hydrogen-bond acceptors (Lipinski definition) is 2. The number of carboxylic acid groups (broad SMARTS) is 1. The van der Waals surface area contributed by atoms with E-state index in [1.807, 2.05) is 0 Å². The number of halogens is 1. The van der Waals surface area contributed by atoms with E-state index in [1.54, 1.807) is 18.2 Å². The van der Waals surface area contributed by atoms with Gasteiger partial charge >= 0.3 is 5.97 Å². The van der Waals surface area contributed by atoms with Crippen LogP contribution >= 0.6 is 0 Å². The van der Waals surface area contributed by atoms with E-state index in [0.717, 1.165) is 19.6 Å². The van der Waals surface area contributed by atoms with Gasteiger partial charge in [-0.2, -0.15) is 0 Å². The van der Waals surface area contributed by atoms with E-state index in [2.05, 4.69) is 4.90 Å². The molecule has 1 unspecified atom stereocenters. The Bertz CT molecular complexity index is 416. The summed E-state index contributed by atoms with van der Waals surface area (Å²) in [6, 6.07) is 6.15. The Morgan fingerprint density at radius 1 is 1.33 bits per heavy atom. The minimum Gasteiger partial charge on any atom is -0.481 e. The van der Waals surface area contributed by atoms with E-state index in [0.29, 0.717) is 12.0 Å². The molecule has 1 fully saturated rings. The summed E-state index contributed by atoms with van der Waals surface area (Å²) in [7, 11) is 0. The second kappa shape index (κ2) is 5.96. The molecule has 1 heterocycles. The summed E-state index contributed by atoms with van der Waals surface area (Å²) in [6.07, 6.45) is 2.82. The second-order valence-corrected chi connectivity index (χ2v) is 4.75. The lowest BCUT2D eigenvalue weighted by Crippen LogP contribution is -2.24. The van der Waals surface area contributed by atoms with Crippen LogP contribution in [0.25, 0.3) is 0 Å². The molecule has 1 aromatic rings. The first-order valence-corrected chi connectivity index (χ1v) is 6.38. The molecular formula is C14H18FNO2. The normalized spacial score (nSPS) is 17.8. The Balaban J connectivity index is 2.04. The average Bonchev–Trinajstić information content (AvgIpc) is 2.84. The third kappa shape index (κ3) is 3.07. The molecule has 0 aromatic heterocycles. The van der Waals surface area contributed by atoms with Crippen LogP contribution in [0.15, 0.2) is 24.3 Å². The molecular weight excluding hydrogens is 233 g/mol. The van der Waals surface area contributed by atoms with Crippen LogP contribution in [0.3, 0.4) is 0 Å². The molecule has 18 heavy (non-hydrogen) atoms. The van der Waals surface area contributed by atoms with Gasteiger partial charge in [0.1, 0.15) is 5.82 Å². The van der Waals surface area contributed by atoms with Crippen molar-refractivity contribution in [1.82, 2.24) is 4.90 Å². The Labute approximate surface area is 106 Å². The zero-order valence-electron chi connectivity index (χ0n) is 10.3. The highest BCUT2D eigenvalue weighted by Crippen LogP contribution is 2.24. The van der Waals surface area contributed by atoms with Crippen molar-refractivity contribution >= 4 is 5.97 Å². The van der Waals surface area contributed by atoms with Gasteiger partial charge < -0.3 is 10.0 Å². The van der Waals surface area contributed by atoms with Crippen LogP contribution in [-0.2, 0) is 4.79 Å². The molecule has 1 saturated heterocycles. The molecule has 1 N–H and O–H groups in total. The van der Waals surface area contributed by atoms with Gasteiger partial charge in [-0.3, -0.25) is 4.79 Å². The lowest BCUT2D eigenvalue weighted by molar-refractivity contribution is -0.139. The van der Waals surface area contributed by atoms with Gasteiger partial charge in [-0.05, 0) is 45.0 Å². The Morgan fingerprint density at radius 3 is 2.61 bits per heavy atom.